The highest BCUT2D eigenvalue weighted by Crippen LogP contribution is 2.13. The van der Waals surface area contributed by atoms with E-state index in [1.54, 1.807) is 6.08 Å². The molecule has 0 atom stereocenters. The van der Waals surface area contributed by atoms with E-state index in [-0.39, 0.29) is 5.91 Å². The van der Waals surface area contributed by atoms with Gasteiger partial charge < -0.3 is 5.32 Å². The summed E-state index contributed by atoms with van der Waals surface area (Å²) in [6.45, 7) is 2.00. The van der Waals surface area contributed by atoms with E-state index in [4.69, 9.17) is 0 Å². The van der Waals surface area contributed by atoms with E-state index in [2.05, 4.69) is 10.6 Å². The molecular formula is C19H22N3O+. The zero-order chi connectivity index (χ0) is 16.7. The molecule has 0 heterocycles. The Morgan fingerprint density at radius 2 is 1.48 bits per heavy atom. The molecule has 0 saturated carbocycles. The lowest BCUT2D eigenvalue weighted by Gasteiger charge is -2.04. The number of nitrogens with one attached hydrogen (secondary N) is 2. The van der Waals surface area contributed by atoms with Crippen LogP contribution in [-0.4, -0.2) is 30.4 Å². The number of carbonyl (C=O) groups excluding carboxylic acids is 1. The summed E-state index contributed by atoms with van der Waals surface area (Å²) in [7, 11) is 3.96. The SMILES string of the molecule is CC(Nc1ccc(NC(=O)/C=C/c2ccccc2)cc1)=[N+](C)C. The van der Waals surface area contributed by atoms with Crippen LogP contribution >= 0.6 is 0 Å². The highest BCUT2D eigenvalue weighted by Gasteiger charge is 2.03. The van der Waals surface area contributed by atoms with Crippen LogP contribution in [0.5, 0.6) is 0 Å². The van der Waals surface area contributed by atoms with Crippen LogP contribution in [0, 0.1) is 0 Å². The van der Waals surface area contributed by atoms with Crippen LogP contribution < -0.4 is 10.6 Å². The highest BCUT2D eigenvalue weighted by molar-refractivity contribution is 6.02. The quantitative estimate of drug-likeness (QED) is 0.393. The fraction of sp³-hybridized carbons (Fsp3) is 0.158. The van der Waals surface area contributed by atoms with E-state index in [1.165, 1.54) is 6.08 Å². The lowest BCUT2D eigenvalue weighted by atomic mass is 10.2. The maximum Gasteiger partial charge on any atom is 0.248 e. The summed E-state index contributed by atoms with van der Waals surface area (Å²) < 4.78 is 2.00. The van der Waals surface area contributed by atoms with Crippen LogP contribution in [0.2, 0.25) is 0 Å². The van der Waals surface area contributed by atoms with Gasteiger partial charge in [-0.25, -0.2) is 5.32 Å². The van der Waals surface area contributed by atoms with E-state index in [9.17, 15) is 4.79 Å². The number of nitrogens with zero attached hydrogens (tertiary/aromatic N) is 1. The van der Waals surface area contributed by atoms with Gasteiger partial charge in [0.25, 0.3) is 0 Å². The second-order valence-electron chi connectivity index (χ2n) is 5.42. The fourth-order valence-electron chi connectivity index (χ4n) is 1.88. The Morgan fingerprint density at radius 3 is 2.04 bits per heavy atom. The van der Waals surface area contributed by atoms with E-state index in [0.29, 0.717) is 0 Å². The number of anilines is 2. The van der Waals surface area contributed by atoms with Gasteiger partial charge in [-0.15, -0.1) is 0 Å². The van der Waals surface area contributed by atoms with E-state index >= 15 is 0 Å². The molecule has 2 aromatic carbocycles. The van der Waals surface area contributed by atoms with Crippen LogP contribution in [-0.2, 0) is 4.79 Å². The van der Waals surface area contributed by atoms with Gasteiger partial charge in [-0.1, -0.05) is 30.3 Å². The number of hydrogen-bond acceptors (Lipinski definition) is 1. The van der Waals surface area contributed by atoms with Crippen LogP contribution in [0.1, 0.15) is 12.5 Å². The third kappa shape index (κ3) is 5.43. The first-order chi connectivity index (χ1) is 11.0. The van der Waals surface area contributed by atoms with Gasteiger partial charge in [0.05, 0.1) is 14.1 Å². The second-order valence-corrected chi connectivity index (χ2v) is 5.42. The van der Waals surface area contributed by atoms with E-state index < -0.39 is 0 Å². The Kier molecular flexibility index (Phi) is 5.69. The van der Waals surface area contributed by atoms with Crippen molar-refractivity contribution in [2.75, 3.05) is 24.7 Å². The predicted molar refractivity (Wildman–Crippen MR) is 97.0 cm³/mol. The maximum atomic E-state index is 11.9. The Morgan fingerprint density at radius 1 is 0.913 bits per heavy atom. The Bertz CT molecular complexity index is 712. The number of hydrogen-bond donors (Lipinski definition) is 2. The first-order valence-electron chi connectivity index (χ1n) is 7.46. The van der Waals surface area contributed by atoms with Crippen LogP contribution in [0.15, 0.2) is 60.7 Å². The molecule has 4 heteroatoms. The van der Waals surface area contributed by atoms with Gasteiger partial charge in [0, 0.05) is 18.7 Å². The number of amides is 1. The first kappa shape index (κ1) is 16.5. The molecule has 2 rings (SSSR count). The summed E-state index contributed by atoms with van der Waals surface area (Å²) in [5.41, 5.74) is 2.74. The highest BCUT2D eigenvalue weighted by atomic mass is 16.1. The zero-order valence-electron chi connectivity index (χ0n) is 13.7. The van der Waals surface area contributed by atoms with Gasteiger partial charge in [0.1, 0.15) is 5.69 Å². The van der Waals surface area contributed by atoms with Gasteiger partial charge in [0.2, 0.25) is 11.7 Å². The molecule has 0 unspecified atom stereocenters. The molecule has 23 heavy (non-hydrogen) atoms. The molecule has 2 aromatic rings. The summed E-state index contributed by atoms with van der Waals surface area (Å²) in [5, 5.41) is 6.13. The molecule has 0 spiro atoms. The average Bonchev–Trinajstić information content (AvgIpc) is 2.55. The number of carbonyl (C=O) groups is 1. The summed E-state index contributed by atoms with van der Waals surface area (Å²) in [5.74, 6) is 0.901. The Labute approximate surface area is 137 Å². The maximum absolute atomic E-state index is 11.9. The number of benzene rings is 2. The first-order valence-corrected chi connectivity index (χ1v) is 7.46. The predicted octanol–water partition coefficient (Wildman–Crippen LogP) is 3.44. The van der Waals surface area contributed by atoms with Crippen molar-refractivity contribution in [2.45, 2.75) is 6.92 Å². The molecule has 118 valence electrons. The van der Waals surface area contributed by atoms with Gasteiger partial charge in [-0.2, -0.15) is 0 Å². The van der Waals surface area contributed by atoms with Crippen LogP contribution in [0.4, 0.5) is 11.4 Å². The van der Waals surface area contributed by atoms with Crippen molar-refractivity contribution in [1.29, 1.82) is 0 Å². The van der Waals surface area contributed by atoms with Crippen molar-refractivity contribution >= 4 is 29.2 Å². The molecule has 1 amide bonds. The van der Waals surface area contributed by atoms with Gasteiger partial charge in [-0.05, 0) is 35.9 Å². The molecule has 2 N–H and O–H groups in total. The van der Waals surface area contributed by atoms with Gasteiger partial charge >= 0.3 is 0 Å². The molecule has 0 aliphatic rings. The molecule has 0 bridgehead atoms. The van der Waals surface area contributed by atoms with Crippen molar-refractivity contribution in [3.05, 3.63) is 66.2 Å². The van der Waals surface area contributed by atoms with Crippen LogP contribution in [0.25, 0.3) is 6.08 Å². The summed E-state index contributed by atoms with van der Waals surface area (Å²) >= 11 is 0. The van der Waals surface area contributed by atoms with Gasteiger partial charge in [-0.3, -0.25) is 9.37 Å². The largest absolute Gasteiger partial charge is 0.323 e. The van der Waals surface area contributed by atoms with Crippen molar-refractivity contribution in [2.24, 2.45) is 0 Å². The molecule has 0 aliphatic heterocycles. The number of rotatable bonds is 4. The minimum absolute atomic E-state index is 0.148. The number of amidine groups is 1. The van der Waals surface area contributed by atoms with Crippen molar-refractivity contribution in [1.82, 2.24) is 0 Å². The topological polar surface area (TPSA) is 44.1 Å². The smallest absolute Gasteiger partial charge is 0.248 e. The molecule has 0 aliphatic carbocycles. The average molecular weight is 308 g/mol. The molecule has 4 nitrogen and oxygen atoms in total. The molecule has 0 aromatic heterocycles. The minimum Gasteiger partial charge on any atom is -0.323 e. The van der Waals surface area contributed by atoms with Crippen molar-refractivity contribution < 1.29 is 9.37 Å². The third-order valence-electron chi connectivity index (χ3n) is 3.38. The van der Waals surface area contributed by atoms with E-state index in [1.807, 2.05) is 80.2 Å². The Hall–Kier alpha value is -2.88. The second kappa shape index (κ2) is 7.94. The summed E-state index contributed by atoms with van der Waals surface area (Å²) in [6.07, 6.45) is 3.33. The normalized spacial score (nSPS) is 10.4. The molecular weight excluding hydrogens is 286 g/mol. The van der Waals surface area contributed by atoms with Crippen molar-refractivity contribution in [3.8, 4) is 0 Å². The van der Waals surface area contributed by atoms with Gasteiger partial charge in [0.15, 0.2) is 0 Å². The summed E-state index contributed by atoms with van der Waals surface area (Å²) in [4.78, 5) is 11.9. The van der Waals surface area contributed by atoms with Crippen LogP contribution in [0.3, 0.4) is 0 Å². The fourth-order valence-corrected chi connectivity index (χ4v) is 1.88. The monoisotopic (exact) mass is 308 g/mol. The van der Waals surface area contributed by atoms with Crippen molar-refractivity contribution in [3.63, 3.8) is 0 Å². The third-order valence-corrected chi connectivity index (χ3v) is 3.38. The standard InChI is InChI=1S/C19H21N3O/c1-15(22(2)3)20-17-10-12-18(13-11-17)21-19(23)14-9-16-7-5-4-6-8-16/h4-14H,1-3H3,(H,21,23)/p+1/b14-9+. The molecule has 0 radical (unpaired) electrons. The zero-order valence-corrected chi connectivity index (χ0v) is 13.7. The lowest BCUT2D eigenvalue weighted by Crippen LogP contribution is -2.18. The lowest BCUT2D eigenvalue weighted by molar-refractivity contribution is -0.464. The molecule has 0 fully saturated rings. The molecule has 0 saturated heterocycles. The summed E-state index contributed by atoms with van der Waals surface area (Å²) in [6, 6.07) is 17.3. The minimum atomic E-state index is -0.148. The Balaban J connectivity index is 1.94. The van der Waals surface area contributed by atoms with E-state index in [0.717, 1.165) is 22.8 Å².